The third-order valence-electron chi connectivity index (χ3n) is 3.53. The Morgan fingerprint density at radius 1 is 1.39 bits per heavy atom. The van der Waals surface area contributed by atoms with Gasteiger partial charge in [0.15, 0.2) is 6.61 Å². The van der Waals surface area contributed by atoms with Gasteiger partial charge in [-0.3, -0.25) is 4.84 Å². The SMILES string of the molecule is CN(C(=O)NOCC(=O)O)C1CCC(C)(C)CC1. The van der Waals surface area contributed by atoms with E-state index in [1.54, 1.807) is 11.9 Å². The van der Waals surface area contributed by atoms with Gasteiger partial charge in [0.05, 0.1) is 0 Å². The smallest absolute Gasteiger partial charge is 0.341 e. The number of carbonyl (C=O) groups excluding carboxylic acids is 1. The van der Waals surface area contributed by atoms with Crippen LogP contribution in [0.2, 0.25) is 0 Å². The molecule has 0 radical (unpaired) electrons. The zero-order chi connectivity index (χ0) is 13.8. The number of hydrogen-bond donors (Lipinski definition) is 2. The molecule has 0 unspecified atom stereocenters. The molecule has 1 aliphatic carbocycles. The van der Waals surface area contributed by atoms with Crippen molar-refractivity contribution in [2.45, 2.75) is 45.6 Å². The summed E-state index contributed by atoms with van der Waals surface area (Å²) in [4.78, 5) is 28.1. The fourth-order valence-corrected chi connectivity index (χ4v) is 2.17. The second kappa shape index (κ2) is 6.04. The van der Waals surface area contributed by atoms with Crippen molar-refractivity contribution in [3.63, 3.8) is 0 Å². The number of urea groups is 1. The van der Waals surface area contributed by atoms with Gasteiger partial charge >= 0.3 is 12.0 Å². The summed E-state index contributed by atoms with van der Waals surface area (Å²) < 4.78 is 0. The van der Waals surface area contributed by atoms with Gasteiger partial charge in [-0.05, 0) is 31.1 Å². The van der Waals surface area contributed by atoms with Crippen molar-refractivity contribution in [3.8, 4) is 0 Å². The number of rotatable bonds is 4. The van der Waals surface area contributed by atoms with E-state index in [0.29, 0.717) is 5.41 Å². The Labute approximate surface area is 107 Å². The number of carboxylic acids is 1. The van der Waals surface area contributed by atoms with Crippen LogP contribution in [-0.4, -0.2) is 41.7 Å². The molecule has 0 saturated heterocycles. The monoisotopic (exact) mass is 258 g/mol. The number of amides is 2. The Hall–Kier alpha value is -1.30. The van der Waals surface area contributed by atoms with E-state index in [0.717, 1.165) is 25.7 Å². The molecule has 0 spiro atoms. The number of hydroxylamine groups is 1. The van der Waals surface area contributed by atoms with Crippen LogP contribution in [0.4, 0.5) is 4.79 Å². The minimum absolute atomic E-state index is 0.200. The maximum Gasteiger partial charge on any atom is 0.341 e. The van der Waals surface area contributed by atoms with Crippen LogP contribution in [0.15, 0.2) is 0 Å². The molecule has 6 heteroatoms. The normalized spacial score (nSPS) is 19.3. The van der Waals surface area contributed by atoms with E-state index in [1.807, 2.05) is 0 Å². The Bertz CT molecular complexity index is 307. The standard InChI is InChI=1S/C12H22N2O4/c1-12(2)6-4-9(5-7-12)14(3)11(17)13-18-8-10(15)16/h9H,4-8H2,1-3H3,(H,13,17)(H,15,16). The first-order chi connectivity index (χ1) is 8.32. The summed E-state index contributed by atoms with van der Waals surface area (Å²) >= 11 is 0. The third kappa shape index (κ3) is 4.52. The van der Waals surface area contributed by atoms with E-state index >= 15 is 0 Å². The molecule has 1 fully saturated rings. The van der Waals surface area contributed by atoms with Crippen molar-refractivity contribution in [1.29, 1.82) is 0 Å². The van der Waals surface area contributed by atoms with E-state index in [9.17, 15) is 9.59 Å². The molecule has 1 saturated carbocycles. The zero-order valence-corrected chi connectivity index (χ0v) is 11.2. The van der Waals surface area contributed by atoms with Crippen molar-refractivity contribution < 1.29 is 19.5 Å². The van der Waals surface area contributed by atoms with Crippen LogP contribution >= 0.6 is 0 Å². The Kier molecular flexibility index (Phi) is 4.95. The maximum absolute atomic E-state index is 11.7. The molecule has 1 aliphatic rings. The molecule has 0 bridgehead atoms. The molecule has 6 nitrogen and oxygen atoms in total. The van der Waals surface area contributed by atoms with Crippen LogP contribution in [0.25, 0.3) is 0 Å². The van der Waals surface area contributed by atoms with E-state index in [1.165, 1.54) is 0 Å². The number of aliphatic carboxylic acids is 1. The average Bonchev–Trinajstić information content (AvgIpc) is 2.27. The van der Waals surface area contributed by atoms with Crippen LogP contribution < -0.4 is 5.48 Å². The van der Waals surface area contributed by atoms with Crippen molar-refractivity contribution in [3.05, 3.63) is 0 Å². The van der Waals surface area contributed by atoms with Gasteiger partial charge < -0.3 is 10.0 Å². The molecule has 1 rings (SSSR count). The molecular weight excluding hydrogens is 236 g/mol. The lowest BCUT2D eigenvalue weighted by atomic mass is 9.75. The highest BCUT2D eigenvalue weighted by Crippen LogP contribution is 2.36. The first-order valence-corrected chi connectivity index (χ1v) is 6.18. The third-order valence-corrected chi connectivity index (χ3v) is 3.53. The molecule has 0 atom stereocenters. The maximum atomic E-state index is 11.7. The topological polar surface area (TPSA) is 78.9 Å². The summed E-state index contributed by atoms with van der Waals surface area (Å²) in [5.74, 6) is -1.11. The second-order valence-corrected chi connectivity index (χ2v) is 5.60. The van der Waals surface area contributed by atoms with E-state index in [2.05, 4.69) is 24.2 Å². The molecule has 0 aromatic heterocycles. The predicted octanol–water partition coefficient (Wildman–Crippen LogP) is 1.61. The molecule has 0 aromatic rings. The van der Waals surface area contributed by atoms with Crippen LogP contribution in [0, 0.1) is 5.41 Å². The minimum atomic E-state index is -1.11. The van der Waals surface area contributed by atoms with Crippen molar-refractivity contribution in [1.82, 2.24) is 10.4 Å². The molecule has 0 heterocycles. The molecule has 18 heavy (non-hydrogen) atoms. The Morgan fingerprint density at radius 3 is 2.44 bits per heavy atom. The quantitative estimate of drug-likeness (QED) is 0.751. The summed E-state index contributed by atoms with van der Waals surface area (Å²) in [5, 5.41) is 8.38. The van der Waals surface area contributed by atoms with Crippen LogP contribution in [0.3, 0.4) is 0 Å². The molecular formula is C12H22N2O4. The average molecular weight is 258 g/mol. The fourth-order valence-electron chi connectivity index (χ4n) is 2.17. The highest BCUT2D eigenvalue weighted by molar-refractivity contribution is 5.73. The van der Waals surface area contributed by atoms with E-state index in [4.69, 9.17) is 5.11 Å². The Balaban J connectivity index is 2.33. The number of carbonyl (C=O) groups is 2. The summed E-state index contributed by atoms with van der Waals surface area (Å²) in [7, 11) is 1.71. The van der Waals surface area contributed by atoms with Gasteiger partial charge in [-0.25, -0.2) is 15.1 Å². The largest absolute Gasteiger partial charge is 0.479 e. The van der Waals surface area contributed by atoms with Crippen LogP contribution in [0.1, 0.15) is 39.5 Å². The fraction of sp³-hybridized carbons (Fsp3) is 0.833. The van der Waals surface area contributed by atoms with E-state index < -0.39 is 12.6 Å². The number of nitrogens with one attached hydrogen (secondary N) is 1. The van der Waals surface area contributed by atoms with Crippen molar-refractivity contribution in [2.75, 3.05) is 13.7 Å². The summed E-state index contributed by atoms with van der Waals surface area (Å²) in [5.41, 5.74) is 2.49. The zero-order valence-electron chi connectivity index (χ0n) is 11.2. The lowest BCUT2D eigenvalue weighted by molar-refractivity contribution is -0.144. The van der Waals surface area contributed by atoms with Crippen LogP contribution in [0.5, 0.6) is 0 Å². The summed E-state index contributed by atoms with van der Waals surface area (Å²) in [6.45, 7) is 3.94. The van der Waals surface area contributed by atoms with Gasteiger partial charge in [-0.1, -0.05) is 13.8 Å². The molecule has 0 aromatic carbocycles. The lowest BCUT2D eigenvalue weighted by Gasteiger charge is -2.38. The molecule has 2 N–H and O–H groups in total. The number of carboxylic acid groups (broad SMARTS) is 1. The molecule has 0 aliphatic heterocycles. The lowest BCUT2D eigenvalue weighted by Crippen LogP contribution is -2.46. The summed E-state index contributed by atoms with van der Waals surface area (Å²) in [6.07, 6.45) is 4.11. The van der Waals surface area contributed by atoms with Gasteiger partial charge in [-0.15, -0.1) is 0 Å². The predicted molar refractivity (Wildman–Crippen MR) is 65.9 cm³/mol. The van der Waals surface area contributed by atoms with Crippen LogP contribution in [-0.2, 0) is 9.63 Å². The Morgan fingerprint density at radius 2 is 1.94 bits per heavy atom. The first kappa shape index (κ1) is 14.8. The van der Waals surface area contributed by atoms with Gasteiger partial charge in [0, 0.05) is 13.1 Å². The minimum Gasteiger partial charge on any atom is -0.479 e. The highest BCUT2D eigenvalue weighted by Gasteiger charge is 2.30. The van der Waals surface area contributed by atoms with Gasteiger partial charge in [-0.2, -0.15) is 0 Å². The van der Waals surface area contributed by atoms with Gasteiger partial charge in [0.2, 0.25) is 0 Å². The molecule has 2 amide bonds. The van der Waals surface area contributed by atoms with Gasteiger partial charge in [0.1, 0.15) is 0 Å². The highest BCUT2D eigenvalue weighted by atomic mass is 16.7. The van der Waals surface area contributed by atoms with Crippen molar-refractivity contribution in [2.24, 2.45) is 5.41 Å². The van der Waals surface area contributed by atoms with E-state index in [-0.39, 0.29) is 12.1 Å². The van der Waals surface area contributed by atoms with Crippen molar-refractivity contribution >= 4 is 12.0 Å². The summed E-state index contributed by atoms with van der Waals surface area (Å²) in [6, 6.07) is -0.188. The number of hydrogen-bond acceptors (Lipinski definition) is 3. The van der Waals surface area contributed by atoms with Gasteiger partial charge in [0.25, 0.3) is 0 Å². The number of nitrogens with zero attached hydrogens (tertiary/aromatic N) is 1. The molecule has 104 valence electrons. The first-order valence-electron chi connectivity index (χ1n) is 6.18. The second-order valence-electron chi connectivity index (χ2n) is 5.60.